The van der Waals surface area contributed by atoms with Gasteiger partial charge in [-0.15, -0.1) is 0 Å². The van der Waals surface area contributed by atoms with E-state index in [9.17, 15) is 9.59 Å². The van der Waals surface area contributed by atoms with E-state index in [-0.39, 0.29) is 11.8 Å². The number of benzene rings is 1. The molecule has 0 aliphatic carbocycles. The van der Waals surface area contributed by atoms with E-state index in [2.05, 4.69) is 4.98 Å². The summed E-state index contributed by atoms with van der Waals surface area (Å²) in [7, 11) is 0. The van der Waals surface area contributed by atoms with Gasteiger partial charge < -0.3 is 14.5 Å². The first-order chi connectivity index (χ1) is 12.7. The Kier molecular flexibility index (Phi) is 5.84. The van der Waals surface area contributed by atoms with Gasteiger partial charge in [-0.3, -0.25) is 14.6 Å². The third-order valence-corrected chi connectivity index (χ3v) is 4.39. The summed E-state index contributed by atoms with van der Waals surface area (Å²) >= 11 is 0. The molecule has 6 nitrogen and oxygen atoms in total. The summed E-state index contributed by atoms with van der Waals surface area (Å²) in [6.07, 6.45) is 1.98. The van der Waals surface area contributed by atoms with Crippen molar-refractivity contribution in [2.75, 3.05) is 32.8 Å². The van der Waals surface area contributed by atoms with E-state index in [1.807, 2.05) is 36.1 Å². The van der Waals surface area contributed by atoms with Crippen LogP contribution in [0.15, 0.2) is 48.7 Å². The van der Waals surface area contributed by atoms with Crippen molar-refractivity contribution in [1.82, 2.24) is 14.8 Å². The molecule has 0 spiro atoms. The van der Waals surface area contributed by atoms with Crippen LogP contribution in [0.3, 0.4) is 0 Å². The zero-order valence-corrected chi connectivity index (χ0v) is 14.9. The molecule has 0 N–H and O–H groups in total. The molecule has 0 saturated carbocycles. The Morgan fingerprint density at radius 3 is 2.31 bits per heavy atom. The highest BCUT2D eigenvalue weighted by Crippen LogP contribution is 2.14. The van der Waals surface area contributed by atoms with Gasteiger partial charge in [0.15, 0.2) is 0 Å². The fraction of sp³-hybridized carbons (Fsp3) is 0.350. The molecular formula is C20H23N3O3. The van der Waals surface area contributed by atoms with Crippen LogP contribution in [0.1, 0.15) is 23.0 Å². The average Bonchev–Trinajstić information content (AvgIpc) is 2.70. The van der Waals surface area contributed by atoms with E-state index in [0.29, 0.717) is 44.9 Å². The number of pyridine rings is 1. The predicted octanol–water partition coefficient (Wildman–Crippen LogP) is 2.01. The minimum atomic E-state index is -0.0794. The minimum Gasteiger partial charge on any atom is -0.494 e. The van der Waals surface area contributed by atoms with Crippen molar-refractivity contribution in [3.8, 4) is 5.75 Å². The largest absolute Gasteiger partial charge is 0.494 e. The molecule has 1 aliphatic heterocycles. The molecule has 0 atom stereocenters. The lowest BCUT2D eigenvalue weighted by Crippen LogP contribution is -2.51. The molecule has 26 heavy (non-hydrogen) atoms. The van der Waals surface area contributed by atoms with Crippen molar-refractivity contribution in [3.63, 3.8) is 0 Å². The van der Waals surface area contributed by atoms with Crippen LogP contribution < -0.4 is 4.74 Å². The standard InChI is InChI=1S/C20H23N3O3/c1-2-26-17-8-6-16(7-9-17)15-19(24)22-11-13-23(14-12-22)20(25)18-5-3-4-10-21-18/h3-10H,2,11-15H2,1H3. The van der Waals surface area contributed by atoms with Gasteiger partial charge in [0, 0.05) is 32.4 Å². The number of ether oxygens (including phenoxy) is 1. The highest BCUT2D eigenvalue weighted by molar-refractivity contribution is 5.92. The first-order valence-electron chi connectivity index (χ1n) is 8.87. The van der Waals surface area contributed by atoms with E-state index < -0.39 is 0 Å². The van der Waals surface area contributed by atoms with Crippen molar-refractivity contribution in [1.29, 1.82) is 0 Å². The third kappa shape index (κ3) is 4.39. The first-order valence-corrected chi connectivity index (χ1v) is 8.87. The highest BCUT2D eigenvalue weighted by Gasteiger charge is 2.25. The lowest BCUT2D eigenvalue weighted by molar-refractivity contribution is -0.131. The molecule has 2 amide bonds. The molecule has 0 bridgehead atoms. The summed E-state index contributed by atoms with van der Waals surface area (Å²) in [4.78, 5) is 32.6. The third-order valence-electron chi connectivity index (χ3n) is 4.39. The molecule has 2 heterocycles. The zero-order valence-electron chi connectivity index (χ0n) is 14.9. The molecule has 1 saturated heterocycles. The normalized spacial score (nSPS) is 14.2. The smallest absolute Gasteiger partial charge is 0.272 e. The lowest BCUT2D eigenvalue weighted by atomic mass is 10.1. The Labute approximate surface area is 153 Å². The molecule has 2 aromatic rings. The summed E-state index contributed by atoms with van der Waals surface area (Å²) in [5, 5.41) is 0. The maximum atomic E-state index is 12.5. The van der Waals surface area contributed by atoms with Gasteiger partial charge in [-0.25, -0.2) is 0 Å². The van der Waals surface area contributed by atoms with Crippen LogP contribution in [0.5, 0.6) is 5.75 Å². The molecule has 3 rings (SSSR count). The van der Waals surface area contributed by atoms with Crippen molar-refractivity contribution in [2.45, 2.75) is 13.3 Å². The number of nitrogens with zero attached hydrogens (tertiary/aromatic N) is 3. The van der Waals surface area contributed by atoms with E-state index in [4.69, 9.17) is 4.74 Å². The number of hydrogen-bond acceptors (Lipinski definition) is 4. The Balaban J connectivity index is 1.51. The topological polar surface area (TPSA) is 62.7 Å². The van der Waals surface area contributed by atoms with Gasteiger partial charge in [-0.1, -0.05) is 18.2 Å². The minimum absolute atomic E-state index is 0.0794. The van der Waals surface area contributed by atoms with Gasteiger partial charge in [0.1, 0.15) is 11.4 Å². The molecular weight excluding hydrogens is 330 g/mol. The van der Waals surface area contributed by atoms with Crippen molar-refractivity contribution < 1.29 is 14.3 Å². The van der Waals surface area contributed by atoms with Crippen LogP contribution in [0.4, 0.5) is 0 Å². The van der Waals surface area contributed by atoms with Crippen LogP contribution in [0.2, 0.25) is 0 Å². The molecule has 1 fully saturated rings. The summed E-state index contributed by atoms with van der Waals surface area (Å²) in [5.74, 6) is 0.814. The second-order valence-electron chi connectivity index (χ2n) is 6.14. The summed E-state index contributed by atoms with van der Waals surface area (Å²) in [5.41, 5.74) is 1.41. The highest BCUT2D eigenvalue weighted by atomic mass is 16.5. The van der Waals surface area contributed by atoms with E-state index in [1.54, 1.807) is 29.3 Å². The molecule has 136 valence electrons. The van der Waals surface area contributed by atoms with Crippen LogP contribution in [-0.2, 0) is 11.2 Å². The van der Waals surface area contributed by atoms with E-state index in [0.717, 1.165) is 11.3 Å². The molecule has 1 aliphatic rings. The Morgan fingerprint density at radius 1 is 1.00 bits per heavy atom. The quantitative estimate of drug-likeness (QED) is 0.825. The average molecular weight is 353 g/mol. The van der Waals surface area contributed by atoms with Crippen molar-refractivity contribution in [2.24, 2.45) is 0 Å². The fourth-order valence-electron chi connectivity index (χ4n) is 2.97. The van der Waals surface area contributed by atoms with Gasteiger partial charge in [-0.05, 0) is 36.8 Å². The molecule has 1 aromatic heterocycles. The number of rotatable bonds is 5. The van der Waals surface area contributed by atoms with Crippen LogP contribution in [0, 0.1) is 0 Å². The van der Waals surface area contributed by atoms with Crippen molar-refractivity contribution >= 4 is 11.8 Å². The van der Waals surface area contributed by atoms with E-state index >= 15 is 0 Å². The zero-order chi connectivity index (χ0) is 18.4. The Bertz CT molecular complexity index is 739. The number of piperazine rings is 1. The molecule has 0 unspecified atom stereocenters. The lowest BCUT2D eigenvalue weighted by Gasteiger charge is -2.34. The van der Waals surface area contributed by atoms with Gasteiger partial charge in [0.05, 0.1) is 13.0 Å². The second kappa shape index (κ2) is 8.47. The van der Waals surface area contributed by atoms with Crippen molar-refractivity contribution in [3.05, 3.63) is 59.9 Å². The van der Waals surface area contributed by atoms with Gasteiger partial charge >= 0.3 is 0 Å². The number of carbonyl (C=O) groups is 2. The predicted molar refractivity (Wildman–Crippen MR) is 98.0 cm³/mol. The SMILES string of the molecule is CCOc1ccc(CC(=O)N2CCN(C(=O)c3ccccn3)CC2)cc1. The Hall–Kier alpha value is -2.89. The molecule has 0 radical (unpaired) electrons. The van der Waals surface area contributed by atoms with Crippen LogP contribution >= 0.6 is 0 Å². The number of amides is 2. The van der Waals surface area contributed by atoms with Crippen LogP contribution in [0.25, 0.3) is 0 Å². The molecule has 1 aromatic carbocycles. The molecule has 6 heteroatoms. The second-order valence-corrected chi connectivity index (χ2v) is 6.14. The van der Waals surface area contributed by atoms with Crippen LogP contribution in [-0.4, -0.2) is 59.4 Å². The number of hydrogen-bond donors (Lipinski definition) is 0. The van der Waals surface area contributed by atoms with E-state index in [1.165, 1.54) is 0 Å². The summed E-state index contributed by atoms with van der Waals surface area (Å²) in [6.45, 7) is 4.73. The summed E-state index contributed by atoms with van der Waals surface area (Å²) < 4.78 is 5.41. The monoisotopic (exact) mass is 353 g/mol. The Morgan fingerprint density at radius 2 is 1.69 bits per heavy atom. The maximum absolute atomic E-state index is 12.5. The maximum Gasteiger partial charge on any atom is 0.272 e. The number of aromatic nitrogens is 1. The van der Waals surface area contributed by atoms with Gasteiger partial charge in [-0.2, -0.15) is 0 Å². The van der Waals surface area contributed by atoms with Gasteiger partial charge in [0.2, 0.25) is 5.91 Å². The fourth-order valence-corrected chi connectivity index (χ4v) is 2.97. The first kappa shape index (κ1) is 17.9. The summed E-state index contributed by atoms with van der Waals surface area (Å²) in [6, 6.07) is 12.9. The number of carbonyl (C=O) groups excluding carboxylic acids is 2. The van der Waals surface area contributed by atoms with Gasteiger partial charge in [0.25, 0.3) is 5.91 Å².